The van der Waals surface area contributed by atoms with Crippen molar-refractivity contribution in [2.75, 3.05) is 6.54 Å². The van der Waals surface area contributed by atoms with Crippen LogP contribution in [0.1, 0.15) is 19.5 Å². The second kappa shape index (κ2) is 6.59. The highest BCUT2D eigenvalue weighted by atomic mass is 32.2. The fourth-order valence-electron chi connectivity index (χ4n) is 1.13. The molecule has 0 spiro atoms. The number of hydrogen-bond acceptors (Lipinski definition) is 5. The SMILES string of the molecule is CC(C)CNS(=O)(=O)NCc1cn(CC(=O)O)nn1. The summed E-state index contributed by atoms with van der Waals surface area (Å²) in [5, 5.41) is 15.8. The van der Waals surface area contributed by atoms with Crippen molar-refractivity contribution in [2.45, 2.75) is 26.9 Å². The Morgan fingerprint density at radius 1 is 1.47 bits per heavy atom. The van der Waals surface area contributed by atoms with Crippen molar-refractivity contribution in [1.82, 2.24) is 24.4 Å². The highest BCUT2D eigenvalue weighted by molar-refractivity contribution is 7.87. The molecule has 1 aromatic rings. The van der Waals surface area contributed by atoms with Gasteiger partial charge in [-0.25, -0.2) is 9.40 Å². The standard InChI is InChI=1S/C9H17N5O4S/c1-7(2)3-10-19(17,18)11-4-8-5-14(13-12-8)6-9(15)16/h5,7,10-11H,3-4,6H2,1-2H3,(H,15,16). The van der Waals surface area contributed by atoms with E-state index in [-0.39, 0.29) is 19.0 Å². The van der Waals surface area contributed by atoms with Gasteiger partial charge in [-0.15, -0.1) is 5.10 Å². The summed E-state index contributed by atoms with van der Waals surface area (Å²) in [4.78, 5) is 10.4. The van der Waals surface area contributed by atoms with Crippen molar-refractivity contribution in [1.29, 1.82) is 0 Å². The third-order valence-electron chi connectivity index (χ3n) is 2.01. The fraction of sp³-hybridized carbons (Fsp3) is 0.667. The third-order valence-corrected chi connectivity index (χ3v) is 3.08. The molecule has 108 valence electrons. The summed E-state index contributed by atoms with van der Waals surface area (Å²) in [6, 6.07) is 0. The minimum absolute atomic E-state index is 0.0486. The molecule has 0 aliphatic rings. The molecule has 10 heteroatoms. The summed E-state index contributed by atoms with van der Waals surface area (Å²) in [7, 11) is -3.58. The van der Waals surface area contributed by atoms with Crippen molar-refractivity contribution >= 4 is 16.2 Å². The first-order chi connectivity index (χ1) is 8.78. The Kier molecular flexibility index (Phi) is 5.39. The number of carboxylic acids is 1. The molecular formula is C9H17N5O4S. The van der Waals surface area contributed by atoms with Gasteiger partial charge in [0.2, 0.25) is 0 Å². The van der Waals surface area contributed by atoms with E-state index in [1.54, 1.807) is 0 Å². The van der Waals surface area contributed by atoms with Crippen LogP contribution in [0.4, 0.5) is 0 Å². The molecule has 0 saturated carbocycles. The van der Waals surface area contributed by atoms with Crippen molar-refractivity contribution in [2.24, 2.45) is 5.92 Å². The average molecular weight is 291 g/mol. The minimum atomic E-state index is -3.58. The van der Waals surface area contributed by atoms with Gasteiger partial charge in [0, 0.05) is 6.54 Å². The first kappa shape index (κ1) is 15.5. The van der Waals surface area contributed by atoms with Gasteiger partial charge >= 0.3 is 5.97 Å². The number of aromatic nitrogens is 3. The summed E-state index contributed by atoms with van der Waals surface area (Å²) in [6.45, 7) is 3.75. The summed E-state index contributed by atoms with van der Waals surface area (Å²) in [6.07, 6.45) is 1.37. The molecule has 0 fully saturated rings. The van der Waals surface area contributed by atoms with Crippen LogP contribution in [-0.2, 0) is 28.1 Å². The number of rotatable bonds is 8. The molecule has 0 unspecified atom stereocenters. The monoisotopic (exact) mass is 291 g/mol. The van der Waals surface area contributed by atoms with E-state index in [9.17, 15) is 13.2 Å². The van der Waals surface area contributed by atoms with E-state index >= 15 is 0 Å². The maximum Gasteiger partial charge on any atom is 0.325 e. The molecule has 9 nitrogen and oxygen atoms in total. The highest BCUT2D eigenvalue weighted by Crippen LogP contribution is 1.95. The lowest BCUT2D eigenvalue weighted by molar-refractivity contribution is -0.137. The van der Waals surface area contributed by atoms with E-state index in [0.717, 1.165) is 4.68 Å². The van der Waals surface area contributed by atoms with Crippen LogP contribution < -0.4 is 9.44 Å². The predicted octanol–water partition coefficient (Wildman–Crippen LogP) is -1.06. The second-order valence-electron chi connectivity index (χ2n) is 4.37. The summed E-state index contributed by atoms with van der Waals surface area (Å²) in [5.41, 5.74) is 0.344. The lowest BCUT2D eigenvalue weighted by atomic mass is 10.2. The predicted molar refractivity (Wildman–Crippen MR) is 66.3 cm³/mol. The Bertz CT molecular complexity index is 524. The lowest BCUT2D eigenvalue weighted by Gasteiger charge is -2.08. The van der Waals surface area contributed by atoms with Crippen LogP contribution in [0.5, 0.6) is 0 Å². The number of nitrogens with zero attached hydrogens (tertiary/aromatic N) is 3. The second-order valence-corrected chi connectivity index (χ2v) is 5.95. The molecule has 0 bridgehead atoms. The van der Waals surface area contributed by atoms with Crippen LogP contribution in [0.2, 0.25) is 0 Å². The van der Waals surface area contributed by atoms with Gasteiger partial charge in [0.25, 0.3) is 10.2 Å². The quantitative estimate of drug-likeness (QED) is 0.560. The van der Waals surface area contributed by atoms with Crippen LogP contribution in [0.3, 0.4) is 0 Å². The molecule has 0 atom stereocenters. The summed E-state index contributed by atoms with van der Waals surface area (Å²) in [5.74, 6) is -0.844. The maximum atomic E-state index is 11.5. The Morgan fingerprint density at radius 2 is 2.16 bits per heavy atom. The van der Waals surface area contributed by atoms with Gasteiger partial charge in [-0.1, -0.05) is 19.1 Å². The molecule has 0 aliphatic carbocycles. The maximum absolute atomic E-state index is 11.5. The zero-order valence-electron chi connectivity index (χ0n) is 10.7. The first-order valence-electron chi connectivity index (χ1n) is 5.63. The number of nitrogens with one attached hydrogen (secondary N) is 2. The number of carboxylic acid groups (broad SMARTS) is 1. The largest absolute Gasteiger partial charge is 0.480 e. The van der Waals surface area contributed by atoms with Gasteiger partial charge in [-0.2, -0.15) is 13.1 Å². The van der Waals surface area contributed by atoms with Crippen molar-refractivity contribution in [3.05, 3.63) is 11.9 Å². The third kappa shape index (κ3) is 6.27. The number of carbonyl (C=O) groups is 1. The van der Waals surface area contributed by atoms with E-state index in [2.05, 4.69) is 19.8 Å². The van der Waals surface area contributed by atoms with Crippen LogP contribution in [0.25, 0.3) is 0 Å². The number of aliphatic carboxylic acids is 1. The molecule has 1 rings (SSSR count). The molecule has 19 heavy (non-hydrogen) atoms. The Morgan fingerprint density at radius 3 is 2.74 bits per heavy atom. The fourth-order valence-corrected chi connectivity index (χ4v) is 2.12. The van der Waals surface area contributed by atoms with Gasteiger partial charge in [0.05, 0.1) is 18.4 Å². The van der Waals surface area contributed by atoms with Crippen LogP contribution in [0.15, 0.2) is 6.20 Å². The van der Waals surface area contributed by atoms with Crippen molar-refractivity contribution < 1.29 is 18.3 Å². The molecule has 0 aromatic carbocycles. The highest BCUT2D eigenvalue weighted by Gasteiger charge is 2.11. The van der Waals surface area contributed by atoms with E-state index in [4.69, 9.17) is 5.11 Å². The van der Waals surface area contributed by atoms with Gasteiger partial charge in [0.15, 0.2) is 0 Å². The molecule has 1 heterocycles. The van der Waals surface area contributed by atoms with E-state index in [1.165, 1.54) is 6.20 Å². The van der Waals surface area contributed by atoms with Crippen LogP contribution >= 0.6 is 0 Å². The Hall–Kier alpha value is -1.52. The Balaban J connectivity index is 2.47. The topological polar surface area (TPSA) is 126 Å². The van der Waals surface area contributed by atoms with Crippen LogP contribution in [-0.4, -0.2) is 41.0 Å². The van der Waals surface area contributed by atoms with Crippen molar-refractivity contribution in [3.8, 4) is 0 Å². The summed E-state index contributed by atoms with van der Waals surface area (Å²) >= 11 is 0. The zero-order valence-corrected chi connectivity index (χ0v) is 11.5. The van der Waals surface area contributed by atoms with Gasteiger partial charge in [0.1, 0.15) is 6.54 Å². The average Bonchev–Trinajstić information content (AvgIpc) is 2.71. The summed E-state index contributed by atoms with van der Waals surface area (Å²) < 4.78 is 28.8. The Labute approximate surface area is 111 Å². The molecule has 0 radical (unpaired) electrons. The molecule has 0 amide bonds. The normalized spacial score (nSPS) is 11.9. The minimum Gasteiger partial charge on any atom is -0.480 e. The van der Waals surface area contributed by atoms with Gasteiger partial charge in [-0.05, 0) is 5.92 Å². The van der Waals surface area contributed by atoms with Crippen LogP contribution in [0, 0.1) is 5.92 Å². The molecule has 1 aromatic heterocycles. The van der Waals surface area contributed by atoms with Gasteiger partial charge in [-0.3, -0.25) is 4.79 Å². The van der Waals surface area contributed by atoms with E-state index in [1.807, 2.05) is 13.8 Å². The van der Waals surface area contributed by atoms with E-state index < -0.39 is 16.2 Å². The number of hydrogen-bond donors (Lipinski definition) is 3. The lowest BCUT2D eigenvalue weighted by Crippen LogP contribution is -2.38. The molecule has 0 saturated heterocycles. The molecule has 3 N–H and O–H groups in total. The molecular weight excluding hydrogens is 274 g/mol. The zero-order chi connectivity index (χ0) is 14.5. The first-order valence-corrected chi connectivity index (χ1v) is 7.12. The van der Waals surface area contributed by atoms with Crippen molar-refractivity contribution in [3.63, 3.8) is 0 Å². The smallest absolute Gasteiger partial charge is 0.325 e. The van der Waals surface area contributed by atoms with Gasteiger partial charge < -0.3 is 5.11 Å². The van der Waals surface area contributed by atoms with E-state index in [0.29, 0.717) is 12.2 Å². The molecule has 0 aliphatic heterocycles.